The summed E-state index contributed by atoms with van der Waals surface area (Å²) < 4.78 is 16.2. The molecule has 10 nitrogen and oxygen atoms in total. The van der Waals surface area contributed by atoms with Crippen molar-refractivity contribution in [3.05, 3.63) is 70.8 Å². The van der Waals surface area contributed by atoms with Gasteiger partial charge in [-0.2, -0.15) is 0 Å². The fourth-order valence-electron chi connectivity index (χ4n) is 5.59. The lowest BCUT2D eigenvalue weighted by molar-refractivity contribution is -0.136. The first-order valence-corrected chi connectivity index (χ1v) is 12.8. The summed E-state index contributed by atoms with van der Waals surface area (Å²) in [7, 11) is 1.58. The molecule has 3 aliphatic rings. The van der Waals surface area contributed by atoms with Crippen LogP contribution in [0.4, 0.5) is 21.5 Å². The van der Waals surface area contributed by atoms with Gasteiger partial charge < -0.3 is 10.2 Å². The zero-order valence-corrected chi connectivity index (χ0v) is 21.7. The standard InChI is InChI=1S/C29H24FN5O5/c1-14-12-15(10-11-31-14)24-19(13-21-16(26(24)30)6-9-23(37)34(21)2)32-18-5-3-4-17-25(18)29(40)35(28(17)39)20-7-8-22(36)33-27(20)38/h3-5,10-13,20,32H,6-9H2,1-2H3,(H,33,36,38)/t20-/m0/s1. The fourth-order valence-corrected chi connectivity index (χ4v) is 5.59. The number of carbonyl (C=O) groups excluding carboxylic acids is 5. The van der Waals surface area contributed by atoms with Crippen LogP contribution in [0.5, 0.6) is 0 Å². The van der Waals surface area contributed by atoms with Crippen molar-refractivity contribution >= 4 is 46.6 Å². The van der Waals surface area contributed by atoms with Crippen molar-refractivity contribution in [2.75, 3.05) is 17.3 Å². The molecule has 3 aromatic rings. The van der Waals surface area contributed by atoms with E-state index in [9.17, 15) is 24.0 Å². The Morgan fingerprint density at radius 1 is 0.975 bits per heavy atom. The van der Waals surface area contributed by atoms with Crippen molar-refractivity contribution in [1.82, 2.24) is 15.2 Å². The molecule has 0 radical (unpaired) electrons. The van der Waals surface area contributed by atoms with Gasteiger partial charge in [0, 0.05) is 42.9 Å². The molecule has 0 spiro atoms. The van der Waals surface area contributed by atoms with Crippen molar-refractivity contribution in [1.29, 1.82) is 0 Å². The van der Waals surface area contributed by atoms with Crippen LogP contribution in [-0.4, -0.2) is 52.5 Å². The number of nitrogens with zero attached hydrogens (tertiary/aromatic N) is 3. The van der Waals surface area contributed by atoms with Crippen LogP contribution in [0.1, 0.15) is 51.2 Å². The smallest absolute Gasteiger partial charge is 0.264 e. The minimum Gasteiger partial charge on any atom is -0.354 e. The highest BCUT2D eigenvalue weighted by molar-refractivity contribution is 6.25. The summed E-state index contributed by atoms with van der Waals surface area (Å²) in [4.78, 5) is 69.9. The SMILES string of the molecule is Cc1cc(-c2c(Nc3cccc4c3C(=O)N([C@H]3CCC(=O)NC3=O)C4=O)cc3c(c2F)CCC(=O)N3C)ccn1. The van der Waals surface area contributed by atoms with Gasteiger partial charge in [-0.1, -0.05) is 6.07 Å². The zero-order chi connectivity index (χ0) is 28.3. The number of benzene rings is 2. The minimum atomic E-state index is -1.12. The van der Waals surface area contributed by atoms with Crippen molar-refractivity contribution in [2.45, 2.75) is 38.6 Å². The molecule has 1 atom stereocenters. The highest BCUT2D eigenvalue weighted by Gasteiger charge is 2.45. The fraction of sp³-hybridized carbons (Fsp3) is 0.241. The van der Waals surface area contributed by atoms with Crippen LogP contribution in [0.3, 0.4) is 0 Å². The summed E-state index contributed by atoms with van der Waals surface area (Å²) >= 11 is 0. The van der Waals surface area contributed by atoms with Gasteiger partial charge in [0.25, 0.3) is 11.8 Å². The highest BCUT2D eigenvalue weighted by atomic mass is 19.1. The van der Waals surface area contributed by atoms with E-state index in [0.29, 0.717) is 22.5 Å². The third-order valence-electron chi connectivity index (χ3n) is 7.59. The molecule has 3 aliphatic heterocycles. The number of fused-ring (bicyclic) bond motifs is 2. The van der Waals surface area contributed by atoms with Gasteiger partial charge in [0.2, 0.25) is 17.7 Å². The van der Waals surface area contributed by atoms with Crippen molar-refractivity contribution in [2.24, 2.45) is 0 Å². The third-order valence-corrected chi connectivity index (χ3v) is 7.59. The van der Waals surface area contributed by atoms with Gasteiger partial charge in [-0.25, -0.2) is 4.39 Å². The largest absolute Gasteiger partial charge is 0.354 e. The first-order valence-electron chi connectivity index (χ1n) is 12.8. The van der Waals surface area contributed by atoms with Crippen molar-refractivity contribution in [3.8, 4) is 11.1 Å². The second-order valence-corrected chi connectivity index (χ2v) is 10.0. The number of piperidine rings is 1. The number of aryl methyl sites for hydroxylation is 1. The summed E-state index contributed by atoms with van der Waals surface area (Å²) in [5.41, 5.74) is 2.94. The summed E-state index contributed by atoms with van der Waals surface area (Å²) in [6.07, 6.45) is 2.03. The Balaban J connectivity index is 1.47. The van der Waals surface area contributed by atoms with Crippen LogP contribution >= 0.6 is 0 Å². The van der Waals surface area contributed by atoms with E-state index >= 15 is 4.39 Å². The molecule has 0 aliphatic carbocycles. The minimum absolute atomic E-state index is 0.00424. The Morgan fingerprint density at radius 2 is 1.77 bits per heavy atom. The first-order chi connectivity index (χ1) is 19.2. The van der Waals surface area contributed by atoms with Crippen LogP contribution in [0.15, 0.2) is 42.6 Å². The highest BCUT2D eigenvalue weighted by Crippen LogP contribution is 2.43. The lowest BCUT2D eigenvalue weighted by atomic mass is 9.93. The second kappa shape index (κ2) is 9.37. The predicted octanol–water partition coefficient (Wildman–Crippen LogP) is 3.25. The number of nitrogens with one attached hydrogen (secondary N) is 2. The molecule has 6 rings (SSSR count). The van der Waals surface area contributed by atoms with E-state index in [2.05, 4.69) is 15.6 Å². The van der Waals surface area contributed by atoms with Crippen LogP contribution in [0, 0.1) is 12.7 Å². The van der Waals surface area contributed by atoms with Crippen LogP contribution < -0.4 is 15.5 Å². The van der Waals surface area contributed by atoms with E-state index in [-0.39, 0.29) is 59.7 Å². The van der Waals surface area contributed by atoms with Gasteiger partial charge in [0.05, 0.1) is 28.2 Å². The summed E-state index contributed by atoms with van der Waals surface area (Å²) in [5, 5.41) is 5.34. The molecule has 4 heterocycles. The van der Waals surface area contributed by atoms with E-state index in [1.54, 1.807) is 50.5 Å². The van der Waals surface area contributed by atoms with Gasteiger partial charge >= 0.3 is 0 Å². The number of hydrogen-bond donors (Lipinski definition) is 2. The molecular formula is C29H24FN5O5. The van der Waals surface area contributed by atoms with Crippen LogP contribution in [0.25, 0.3) is 11.1 Å². The number of aromatic nitrogens is 1. The molecule has 1 saturated heterocycles. The number of halogens is 1. The lowest BCUT2D eigenvalue weighted by Crippen LogP contribution is -2.54. The van der Waals surface area contributed by atoms with Gasteiger partial charge in [-0.05, 0) is 55.7 Å². The quantitative estimate of drug-likeness (QED) is 0.485. The number of imide groups is 2. The van der Waals surface area contributed by atoms with Crippen LogP contribution in [0.2, 0.25) is 0 Å². The second-order valence-electron chi connectivity index (χ2n) is 10.0. The maximum atomic E-state index is 16.2. The molecule has 2 N–H and O–H groups in total. The molecule has 0 saturated carbocycles. The number of anilines is 3. The molecular weight excluding hydrogens is 517 g/mol. The molecule has 0 unspecified atom stereocenters. The average molecular weight is 542 g/mol. The predicted molar refractivity (Wildman–Crippen MR) is 142 cm³/mol. The van der Waals surface area contributed by atoms with E-state index in [4.69, 9.17) is 0 Å². The molecule has 40 heavy (non-hydrogen) atoms. The first kappa shape index (κ1) is 25.4. The van der Waals surface area contributed by atoms with Crippen molar-refractivity contribution < 1.29 is 28.4 Å². The van der Waals surface area contributed by atoms with E-state index in [1.807, 2.05) is 0 Å². The van der Waals surface area contributed by atoms with E-state index in [1.165, 1.54) is 11.0 Å². The van der Waals surface area contributed by atoms with E-state index in [0.717, 1.165) is 4.90 Å². The topological polar surface area (TPSA) is 129 Å². The zero-order valence-electron chi connectivity index (χ0n) is 21.7. The molecule has 0 bridgehead atoms. The molecule has 5 amide bonds. The Labute approximate surface area is 228 Å². The normalized spacial score (nSPS) is 18.6. The maximum Gasteiger partial charge on any atom is 0.264 e. The average Bonchev–Trinajstić information content (AvgIpc) is 3.17. The molecule has 1 fully saturated rings. The molecule has 1 aromatic heterocycles. The van der Waals surface area contributed by atoms with Gasteiger partial charge in [0.1, 0.15) is 11.9 Å². The molecule has 2 aromatic carbocycles. The van der Waals surface area contributed by atoms with Crippen LogP contribution in [-0.2, 0) is 20.8 Å². The number of pyridine rings is 1. The monoisotopic (exact) mass is 541 g/mol. The van der Waals surface area contributed by atoms with Crippen molar-refractivity contribution in [3.63, 3.8) is 0 Å². The lowest BCUT2D eigenvalue weighted by Gasteiger charge is -2.29. The number of carbonyl (C=O) groups is 5. The Bertz CT molecular complexity index is 1670. The van der Waals surface area contributed by atoms with Gasteiger partial charge in [-0.15, -0.1) is 0 Å². The molecule has 11 heteroatoms. The Morgan fingerprint density at radius 3 is 2.52 bits per heavy atom. The number of rotatable bonds is 4. The summed E-state index contributed by atoms with van der Waals surface area (Å²) in [6.45, 7) is 1.79. The number of hydrogen-bond acceptors (Lipinski definition) is 7. The Kier molecular flexibility index (Phi) is 5.94. The maximum absolute atomic E-state index is 16.2. The Hall–Kier alpha value is -4.93. The third kappa shape index (κ3) is 3.93. The van der Waals surface area contributed by atoms with Gasteiger partial charge in [0.15, 0.2) is 0 Å². The summed E-state index contributed by atoms with van der Waals surface area (Å²) in [5.74, 6) is -3.15. The van der Waals surface area contributed by atoms with E-state index < -0.39 is 35.5 Å². The van der Waals surface area contributed by atoms with Gasteiger partial charge in [-0.3, -0.25) is 39.2 Å². The molecule has 202 valence electrons. The summed E-state index contributed by atoms with van der Waals surface area (Å²) in [6, 6.07) is 8.62. The number of amides is 5.